The fourth-order valence-electron chi connectivity index (χ4n) is 5.44. The molecule has 1 amide bonds. The number of carboxylic acid groups (broad SMARTS) is 3. The standard InChI is InChI=1S/C32H32FN7O2.3C2HF3O2/c1-2-19-15-25(28(33)27(16-19)40-11-13-42-14-12-40)29(38-21-7-8-22-20(17-21)9-10-36-30(22)34)32-37-18-26(39-32)23-5-3-4-6-24(23)31(35)41;3*3-2(4,5)1(6)7/h3-10,15-18,29,38H,2,11-14H2,1H3,(H2,34,36)(H2,35,41)(H,37,39);3*(H,6,7). The molecule has 0 radical (unpaired) electrons. The van der Waals surface area contributed by atoms with Gasteiger partial charge >= 0.3 is 36.4 Å². The average molecular weight is 908 g/mol. The number of aromatic nitrogens is 3. The summed E-state index contributed by atoms with van der Waals surface area (Å²) >= 11 is 0. The number of nitrogens with zero attached hydrogens (tertiary/aromatic N) is 3. The molecular weight excluding hydrogens is 872 g/mol. The Morgan fingerprint density at radius 3 is 1.92 bits per heavy atom. The van der Waals surface area contributed by atoms with Crippen molar-refractivity contribution in [1.29, 1.82) is 0 Å². The van der Waals surface area contributed by atoms with Crippen LogP contribution in [-0.2, 0) is 25.5 Å². The summed E-state index contributed by atoms with van der Waals surface area (Å²) in [6.45, 7) is 4.36. The molecule has 0 aliphatic carbocycles. The third kappa shape index (κ3) is 14.2. The second-order valence-electron chi connectivity index (χ2n) is 12.7. The quantitative estimate of drug-likeness (QED) is 0.0781. The number of hydrogen-bond donors (Lipinski definition) is 7. The van der Waals surface area contributed by atoms with Gasteiger partial charge in [-0.15, -0.1) is 0 Å². The van der Waals surface area contributed by atoms with Crippen molar-refractivity contribution in [2.75, 3.05) is 42.3 Å². The van der Waals surface area contributed by atoms with Gasteiger partial charge in [-0.1, -0.05) is 31.2 Å². The van der Waals surface area contributed by atoms with E-state index >= 15 is 4.39 Å². The SMILES string of the molecule is CCc1cc(C(Nc2ccc3c(N)nccc3c2)c2ncc(-c3ccccc3C(N)=O)[nH]2)c(F)c(N2CCOCC2)c1.O=C(O)C(F)(F)F.O=C(O)C(F)(F)F.O=C(O)C(F)(F)F. The number of carboxylic acids is 3. The van der Waals surface area contributed by atoms with Gasteiger partial charge in [-0.25, -0.2) is 28.7 Å². The Labute approximate surface area is 348 Å². The van der Waals surface area contributed by atoms with Gasteiger partial charge in [0, 0.05) is 47.1 Å². The highest BCUT2D eigenvalue weighted by Gasteiger charge is 2.39. The zero-order valence-electron chi connectivity index (χ0n) is 32.2. The number of ether oxygens (including phenoxy) is 1. The van der Waals surface area contributed by atoms with E-state index in [4.69, 9.17) is 45.9 Å². The van der Waals surface area contributed by atoms with E-state index in [9.17, 15) is 44.3 Å². The van der Waals surface area contributed by atoms with Gasteiger partial charge in [-0.3, -0.25) is 4.79 Å². The van der Waals surface area contributed by atoms with Gasteiger partial charge in [0.05, 0.1) is 30.8 Å². The summed E-state index contributed by atoms with van der Waals surface area (Å²) in [5, 5.41) is 26.6. The van der Waals surface area contributed by atoms with Crippen LogP contribution >= 0.6 is 0 Å². The largest absolute Gasteiger partial charge is 0.490 e. The third-order valence-electron chi connectivity index (χ3n) is 8.40. The number of aryl methyl sites for hydroxylation is 1. The zero-order chi connectivity index (χ0) is 47.4. The first-order chi connectivity index (χ1) is 29.3. The number of amides is 1. The third-order valence-corrected chi connectivity index (χ3v) is 8.40. The average Bonchev–Trinajstić information content (AvgIpc) is 3.70. The van der Waals surface area contributed by atoms with Gasteiger partial charge in [0.2, 0.25) is 5.91 Å². The molecule has 0 bridgehead atoms. The van der Waals surface area contributed by atoms with E-state index in [2.05, 4.69) is 27.2 Å². The van der Waals surface area contributed by atoms with Gasteiger partial charge in [0.25, 0.3) is 0 Å². The maximum atomic E-state index is 16.6. The number of pyridine rings is 1. The first-order valence-electron chi connectivity index (χ1n) is 17.7. The molecule has 63 heavy (non-hydrogen) atoms. The highest BCUT2D eigenvalue weighted by atomic mass is 19.4. The fraction of sp³-hybridized carbons (Fsp3) is 0.263. The highest BCUT2D eigenvalue weighted by Crippen LogP contribution is 2.36. The maximum Gasteiger partial charge on any atom is 0.490 e. The van der Waals surface area contributed by atoms with E-state index in [-0.39, 0.29) is 5.82 Å². The van der Waals surface area contributed by atoms with Gasteiger partial charge < -0.3 is 46.7 Å². The number of morpholine rings is 1. The lowest BCUT2D eigenvalue weighted by Gasteiger charge is -2.31. The lowest BCUT2D eigenvalue weighted by atomic mass is 9.98. The molecule has 9 N–H and O–H groups in total. The minimum absolute atomic E-state index is 0.323. The van der Waals surface area contributed by atoms with Gasteiger partial charge in [0.1, 0.15) is 17.7 Å². The van der Waals surface area contributed by atoms with Gasteiger partial charge in [0.15, 0.2) is 5.82 Å². The number of fused-ring (bicyclic) bond motifs is 1. The van der Waals surface area contributed by atoms with Crippen LogP contribution in [0.2, 0.25) is 0 Å². The van der Waals surface area contributed by atoms with Crippen molar-refractivity contribution in [3.63, 3.8) is 0 Å². The molecule has 6 rings (SSSR count). The van der Waals surface area contributed by atoms with Crippen LogP contribution in [0.15, 0.2) is 73.1 Å². The number of nitrogens with two attached hydrogens (primary N) is 2. The first-order valence-corrected chi connectivity index (χ1v) is 17.7. The summed E-state index contributed by atoms with van der Waals surface area (Å²) < 4.78 is 117. The maximum absolute atomic E-state index is 16.6. The molecule has 25 heteroatoms. The van der Waals surface area contributed by atoms with E-state index in [1.165, 1.54) is 0 Å². The van der Waals surface area contributed by atoms with Crippen LogP contribution in [0, 0.1) is 5.82 Å². The Morgan fingerprint density at radius 1 is 0.841 bits per heavy atom. The van der Waals surface area contributed by atoms with Crippen molar-refractivity contribution >= 4 is 51.8 Å². The van der Waals surface area contributed by atoms with Crippen molar-refractivity contribution in [2.24, 2.45) is 5.73 Å². The molecule has 0 spiro atoms. The molecule has 2 aromatic heterocycles. The predicted molar refractivity (Wildman–Crippen MR) is 204 cm³/mol. The molecule has 1 saturated heterocycles. The van der Waals surface area contributed by atoms with Crippen LogP contribution in [-0.4, -0.2) is 98.9 Å². The fourth-order valence-corrected chi connectivity index (χ4v) is 5.44. The number of benzene rings is 3. The van der Waals surface area contributed by atoms with Crippen LogP contribution in [0.25, 0.3) is 22.0 Å². The molecular formula is C38H35F10N7O8. The molecule has 1 aliphatic rings. The summed E-state index contributed by atoms with van der Waals surface area (Å²) in [7, 11) is 0. The summed E-state index contributed by atoms with van der Waals surface area (Å²) in [5.74, 6) is -8.21. The molecule has 5 aromatic rings. The van der Waals surface area contributed by atoms with Crippen LogP contribution in [0.4, 0.5) is 61.1 Å². The summed E-state index contributed by atoms with van der Waals surface area (Å²) in [4.78, 5) is 53.0. The second kappa shape index (κ2) is 21.1. The number of carbonyl (C=O) groups is 4. The number of carbonyl (C=O) groups excluding carboxylic acids is 1. The van der Waals surface area contributed by atoms with Crippen molar-refractivity contribution in [1.82, 2.24) is 15.0 Å². The molecule has 1 unspecified atom stereocenters. The number of nitrogens with one attached hydrogen (secondary N) is 2. The minimum atomic E-state index is -5.08. The predicted octanol–water partition coefficient (Wildman–Crippen LogP) is 6.95. The number of aliphatic carboxylic acids is 3. The molecule has 340 valence electrons. The number of halogens is 10. The van der Waals surface area contributed by atoms with Crippen LogP contribution in [0.3, 0.4) is 0 Å². The number of anilines is 3. The molecule has 15 nitrogen and oxygen atoms in total. The van der Waals surface area contributed by atoms with Gasteiger partial charge in [-0.05, 0) is 53.8 Å². The smallest absolute Gasteiger partial charge is 0.475 e. The van der Waals surface area contributed by atoms with E-state index in [1.807, 2.05) is 47.4 Å². The lowest BCUT2D eigenvalue weighted by molar-refractivity contribution is -0.193. The number of aromatic amines is 1. The molecule has 0 saturated carbocycles. The monoisotopic (exact) mass is 907 g/mol. The molecule has 1 aliphatic heterocycles. The van der Waals surface area contributed by atoms with E-state index in [0.29, 0.717) is 66.0 Å². The minimum Gasteiger partial charge on any atom is -0.475 e. The highest BCUT2D eigenvalue weighted by molar-refractivity contribution is 5.99. The topological polar surface area (TPSA) is 247 Å². The van der Waals surface area contributed by atoms with Gasteiger partial charge in [-0.2, -0.15) is 39.5 Å². The Kier molecular flexibility index (Phi) is 16.8. The summed E-state index contributed by atoms with van der Waals surface area (Å²) in [6.07, 6.45) is -11.2. The molecule has 1 atom stereocenters. The Balaban J connectivity index is 0.000000416. The first kappa shape index (κ1) is 50.2. The summed E-state index contributed by atoms with van der Waals surface area (Å²) in [6, 6.07) is 17.8. The van der Waals surface area contributed by atoms with Crippen molar-refractivity contribution < 1.29 is 83.1 Å². The van der Waals surface area contributed by atoms with Crippen molar-refractivity contribution in [3.8, 4) is 11.3 Å². The molecule has 3 aromatic carbocycles. The number of hydrogen-bond acceptors (Lipinski definition) is 10. The number of alkyl halides is 9. The molecule has 1 fully saturated rings. The van der Waals surface area contributed by atoms with Crippen molar-refractivity contribution in [2.45, 2.75) is 37.9 Å². The number of primary amides is 1. The van der Waals surface area contributed by atoms with Crippen LogP contribution < -0.4 is 21.7 Å². The second-order valence-corrected chi connectivity index (χ2v) is 12.7. The number of nitrogen functional groups attached to an aromatic ring is 1. The van der Waals surface area contributed by atoms with E-state index in [1.54, 1.807) is 30.6 Å². The summed E-state index contributed by atoms with van der Waals surface area (Å²) in [5.41, 5.74) is 16.1. The number of H-pyrrole nitrogens is 1. The Morgan fingerprint density at radius 2 is 1.40 bits per heavy atom. The Hall–Kier alpha value is -7.18. The van der Waals surface area contributed by atoms with Crippen molar-refractivity contribution in [3.05, 3.63) is 101 Å². The van der Waals surface area contributed by atoms with Crippen LogP contribution in [0.1, 0.15) is 40.3 Å². The lowest BCUT2D eigenvalue weighted by Crippen LogP contribution is -2.37. The Bertz CT molecular complexity index is 2340. The molecule has 3 heterocycles. The van der Waals surface area contributed by atoms with E-state index in [0.717, 1.165) is 28.4 Å². The van der Waals surface area contributed by atoms with Crippen LogP contribution in [0.5, 0.6) is 0 Å². The number of imidazole rings is 1. The number of rotatable bonds is 8. The normalized spacial score (nSPS) is 13.2. The zero-order valence-corrected chi connectivity index (χ0v) is 32.2. The van der Waals surface area contributed by atoms with E-state index < -0.39 is 48.4 Å².